The number of benzene rings is 1. The minimum absolute atomic E-state index is 0.291. The number of amides is 1. The Morgan fingerprint density at radius 2 is 2.11 bits per heavy atom. The van der Waals surface area contributed by atoms with E-state index in [4.69, 9.17) is 17.3 Å². The largest absolute Gasteiger partial charge is 0.399 e. The fourth-order valence-electron chi connectivity index (χ4n) is 1.47. The number of rotatable bonds is 2. The van der Waals surface area contributed by atoms with Crippen LogP contribution in [0, 0.1) is 6.92 Å². The van der Waals surface area contributed by atoms with Gasteiger partial charge in [-0.25, -0.2) is 4.98 Å². The van der Waals surface area contributed by atoms with Crippen LogP contribution in [0.4, 0.5) is 11.4 Å². The average Bonchev–Trinajstić information content (AvgIpc) is 2.34. The molecular formula is C13H12ClN3O. The zero-order valence-corrected chi connectivity index (χ0v) is 10.5. The normalized spacial score (nSPS) is 10.1. The molecule has 0 atom stereocenters. The first-order chi connectivity index (χ1) is 8.56. The molecule has 2 rings (SSSR count). The number of aromatic nitrogens is 1. The highest BCUT2D eigenvalue weighted by molar-refractivity contribution is 6.30. The van der Waals surface area contributed by atoms with Crippen LogP contribution in [-0.2, 0) is 0 Å². The van der Waals surface area contributed by atoms with E-state index in [-0.39, 0.29) is 5.91 Å². The fourth-order valence-corrected chi connectivity index (χ4v) is 1.58. The van der Waals surface area contributed by atoms with E-state index in [1.807, 2.05) is 13.0 Å². The van der Waals surface area contributed by atoms with E-state index >= 15 is 0 Å². The van der Waals surface area contributed by atoms with Gasteiger partial charge in [-0.15, -0.1) is 0 Å². The zero-order valence-electron chi connectivity index (χ0n) is 9.77. The second-order valence-corrected chi connectivity index (χ2v) is 4.33. The number of carbonyl (C=O) groups is 1. The van der Waals surface area contributed by atoms with Crippen molar-refractivity contribution in [3.8, 4) is 0 Å². The highest BCUT2D eigenvalue weighted by atomic mass is 35.5. The van der Waals surface area contributed by atoms with E-state index in [1.54, 1.807) is 24.3 Å². The molecule has 0 unspecified atom stereocenters. The summed E-state index contributed by atoms with van der Waals surface area (Å²) in [6.45, 7) is 1.89. The average molecular weight is 262 g/mol. The molecule has 0 aliphatic rings. The summed E-state index contributed by atoms with van der Waals surface area (Å²) in [6, 6.07) is 8.53. The second kappa shape index (κ2) is 5.06. The minimum Gasteiger partial charge on any atom is -0.399 e. The maximum atomic E-state index is 11.9. The number of nitrogens with two attached hydrogens (primary N) is 1. The predicted molar refractivity (Wildman–Crippen MR) is 72.8 cm³/mol. The van der Waals surface area contributed by atoms with Crippen molar-refractivity contribution in [1.82, 2.24) is 4.98 Å². The maximum Gasteiger partial charge on any atom is 0.274 e. The molecule has 92 valence electrons. The van der Waals surface area contributed by atoms with Gasteiger partial charge in [-0.1, -0.05) is 17.7 Å². The number of nitrogen functional groups attached to an aromatic ring is 1. The topological polar surface area (TPSA) is 68.0 Å². The quantitative estimate of drug-likeness (QED) is 0.817. The first-order valence-electron chi connectivity index (χ1n) is 5.35. The van der Waals surface area contributed by atoms with E-state index in [0.717, 1.165) is 5.56 Å². The van der Waals surface area contributed by atoms with Crippen molar-refractivity contribution >= 4 is 28.9 Å². The van der Waals surface area contributed by atoms with Crippen molar-refractivity contribution in [1.29, 1.82) is 0 Å². The smallest absolute Gasteiger partial charge is 0.274 e. The van der Waals surface area contributed by atoms with Gasteiger partial charge in [0.15, 0.2) is 0 Å². The number of halogens is 1. The van der Waals surface area contributed by atoms with Crippen molar-refractivity contribution in [2.45, 2.75) is 6.92 Å². The van der Waals surface area contributed by atoms with Crippen molar-refractivity contribution < 1.29 is 4.79 Å². The molecule has 0 fully saturated rings. The number of hydrogen-bond acceptors (Lipinski definition) is 3. The predicted octanol–water partition coefficient (Wildman–Crippen LogP) is 2.88. The van der Waals surface area contributed by atoms with E-state index in [0.29, 0.717) is 22.1 Å². The Kier molecular flexibility index (Phi) is 3.48. The van der Waals surface area contributed by atoms with Crippen LogP contribution in [0.25, 0.3) is 0 Å². The van der Waals surface area contributed by atoms with Crippen LogP contribution >= 0.6 is 11.6 Å². The third kappa shape index (κ3) is 2.78. The summed E-state index contributed by atoms with van der Waals surface area (Å²) in [5.74, 6) is -0.291. The van der Waals surface area contributed by atoms with Crippen molar-refractivity contribution in [2.75, 3.05) is 11.1 Å². The van der Waals surface area contributed by atoms with Gasteiger partial charge in [0.05, 0.1) is 5.02 Å². The number of anilines is 2. The zero-order chi connectivity index (χ0) is 13.1. The molecule has 1 aromatic carbocycles. The summed E-state index contributed by atoms with van der Waals surface area (Å²) in [5.41, 5.74) is 8.20. The Hall–Kier alpha value is -2.07. The fraction of sp³-hybridized carbons (Fsp3) is 0.0769. The molecule has 1 heterocycles. The summed E-state index contributed by atoms with van der Waals surface area (Å²) in [4.78, 5) is 15.9. The molecule has 0 aliphatic heterocycles. The lowest BCUT2D eigenvalue weighted by Gasteiger charge is -2.08. The van der Waals surface area contributed by atoms with E-state index in [9.17, 15) is 4.79 Å². The molecule has 5 heteroatoms. The molecule has 0 bridgehead atoms. The summed E-state index contributed by atoms with van der Waals surface area (Å²) in [5, 5.41) is 3.25. The first-order valence-corrected chi connectivity index (χ1v) is 5.73. The summed E-state index contributed by atoms with van der Waals surface area (Å²) >= 11 is 5.71. The molecule has 1 aromatic heterocycles. The molecule has 0 saturated heterocycles. The highest BCUT2D eigenvalue weighted by Crippen LogP contribution is 2.18. The number of carbonyl (C=O) groups excluding carboxylic acids is 1. The van der Waals surface area contributed by atoms with Gasteiger partial charge in [-0.2, -0.15) is 0 Å². The summed E-state index contributed by atoms with van der Waals surface area (Å²) in [7, 11) is 0. The lowest BCUT2D eigenvalue weighted by atomic mass is 10.2. The Labute approximate surface area is 110 Å². The number of nitrogens with one attached hydrogen (secondary N) is 1. The summed E-state index contributed by atoms with van der Waals surface area (Å²) < 4.78 is 0. The second-order valence-electron chi connectivity index (χ2n) is 3.89. The number of aryl methyl sites for hydroxylation is 1. The molecule has 3 N–H and O–H groups in total. The Balaban J connectivity index is 2.21. The van der Waals surface area contributed by atoms with E-state index in [2.05, 4.69) is 10.3 Å². The van der Waals surface area contributed by atoms with Gasteiger partial charge in [0.2, 0.25) is 0 Å². The first kappa shape index (κ1) is 12.4. The Bertz CT molecular complexity index is 581. The number of nitrogens with zero attached hydrogens (tertiary/aromatic N) is 1. The van der Waals surface area contributed by atoms with Gasteiger partial charge in [0.1, 0.15) is 5.69 Å². The van der Waals surface area contributed by atoms with Gasteiger partial charge in [-0.05, 0) is 36.8 Å². The number of pyridine rings is 1. The van der Waals surface area contributed by atoms with Crippen LogP contribution in [-0.4, -0.2) is 10.9 Å². The molecular weight excluding hydrogens is 250 g/mol. The third-order valence-corrected chi connectivity index (χ3v) is 2.69. The standard InChI is InChI=1S/C13H12ClN3O/c1-8-2-4-10(15)6-12(8)17-13(18)11-5-3-9(14)7-16-11/h2-7H,15H2,1H3,(H,17,18). The van der Waals surface area contributed by atoms with E-state index in [1.165, 1.54) is 6.20 Å². The maximum absolute atomic E-state index is 11.9. The van der Waals surface area contributed by atoms with Gasteiger partial charge in [0.25, 0.3) is 5.91 Å². The van der Waals surface area contributed by atoms with Crippen molar-refractivity contribution in [3.63, 3.8) is 0 Å². The van der Waals surface area contributed by atoms with Gasteiger partial charge >= 0.3 is 0 Å². The van der Waals surface area contributed by atoms with Gasteiger partial charge < -0.3 is 11.1 Å². The van der Waals surface area contributed by atoms with Gasteiger partial charge in [0, 0.05) is 17.6 Å². The summed E-state index contributed by atoms with van der Waals surface area (Å²) in [6.07, 6.45) is 1.43. The van der Waals surface area contributed by atoms with Crippen molar-refractivity contribution in [2.24, 2.45) is 0 Å². The van der Waals surface area contributed by atoms with Crippen LogP contribution in [0.5, 0.6) is 0 Å². The lowest BCUT2D eigenvalue weighted by Crippen LogP contribution is -2.14. The molecule has 2 aromatic rings. The van der Waals surface area contributed by atoms with Crippen LogP contribution < -0.4 is 11.1 Å². The molecule has 18 heavy (non-hydrogen) atoms. The monoisotopic (exact) mass is 261 g/mol. The highest BCUT2D eigenvalue weighted by Gasteiger charge is 2.09. The molecule has 1 amide bonds. The molecule has 4 nitrogen and oxygen atoms in total. The number of hydrogen-bond donors (Lipinski definition) is 2. The molecule has 0 saturated carbocycles. The van der Waals surface area contributed by atoms with Crippen LogP contribution in [0.15, 0.2) is 36.5 Å². The van der Waals surface area contributed by atoms with E-state index < -0.39 is 0 Å². The van der Waals surface area contributed by atoms with Crippen LogP contribution in [0.2, 0.25) is 5.02 Å². The minimum atomic E-state index is -0.291. The molecule has 0 aliphatic carbocycles. The lowest BCUT2D eigenvalue weighted by molar-refractivity contribution is 0.102. The van der Waals surface area contributed by atoms with Crippen LogP contribution in [0.1, 0.15) is 16.1 Å². The SMILES string of the molecule is Cc1ccc(N)cc1NC(=O)c1ccc(Cl)cn1. The Morgan fingerprint density at radius 1 is 1.33 bits per heavy atom. The Morgan fingerprint density at radius 3 is 2.78 bits per heavy atom. The van der Waals surface area contributed by atoms with Crippen LogP contribution in [0.3, 0.4) is 0 Å². The molecule has 0 radical (unpaired) electrons. The van der Waals surface area contributed by atoms with Gasteiger partial charge in [-0.3, -0.25) is 4.79 Å². The molecule has 0 spiro atoms. The third-order valence-electron chi connectivity index (χ3n) is 2.47. The van der Waals surface area contributed by atoms with Crippen molar-refractivity contribution in [3.05, 3.63) is 52.8 Å².